The first-order valence-corrected chi connectivity index (χ1v) is 26.8. The molecule has 0 aliphatic carbocycles. The molecule has 0 saturated heterocycles. The van der Waals surface area contributed by atoms with Crippen molar-refractivity contribution in [3.8, 4) is 5.75 Å². The van der Waals surface area contributed by atoms with Crippen LogP contribution in [0, 0.1) is 23.7 Å². The van der Waals surface area contributed by atoms with E-state index in [0.717, 1.165) is 34.5 Å². The van der Waals surface area contributed by atoms with Crippen molar-refractivity contribution in [3.05, 3.63) is 117 Å². The fourth-order valence-electron chi connectivity index (χ4n) is 6.83. The number of allylic oxidation sites excluding steroid dienone is 7. The van der Waals surface area contributed by atoms with Gasteiger partial charge in [0.2, 0.25) is 0 Å². The number of nitrogens with zero attached hydrogens (tertiary/aromatic N) is 1. The largest absolute Gasteiger partial charge is 0.497 e. The summed E-state index contributed by atoms with van der Waals surface area (Å²) in [6, 6.07) is 7.96. The Morgan fingerprint density at radius 2 is 1.60 bits per heavy atom. The summed E-state index contributed by atoms with van der Waals surface area (Å²) in [5, 5.41) is 16.2. The minimum absolute atomic E-state index is 0.0351. The molecule has 1 heterocycles. The molecule has 2 rings (SSSR count). The molecule has 2 N–H and O–H groups in total. The van der Waals surface area contributed by atoms with Gasteiger partial charge in [0.1, 0.15) is 16.9 Å². The topological polar surface area (TPSA) is 125 Å². The minimum atomic E-state index is -2.09. The third kappa shape index (κ3) is 19.8. The predicted octanol–water partition coefficient (Wildman–Crippen LogP) is 13.0. The Labute approximate surface area is 397 Å². The molecule has 362 valence electrons. The van der Waals surface area contributed by atoms with E-state index in [9.17, 15) is 14.7 Å². The van der Waals surface area contributed by atoms with Crippen LogP contribution in [0.1, 0.15) is 124 Å². The second kappa shape index (κ2) is 27.7. The zero-order valence-electron chi connectivity index (χ0n) is 42.6. The first-order valence-electron chi connectivity index (χ1n) is 23.0. The molecule has 0 bridgehead atoms. The van der Waals surface area contributed by atoms with Crippen LogP contribution in [0.4, 0.5) is 4.79 Å². The Hall–Kier alpha value is -3.91. The smallest absolute Gasteiger partial charge is 0.407 e. The number of benzene rings is 1. The Kier molecular flexibility index (Phi) is 24.3. The van der Waals surface area contributed by atoms with E-state index in [-0.39, 0.29) is 34.7 Å². The van der Waals surface area contributed by atoms with Gasteiger partial charge in [0.25, 0.3) is 0 Å². The number of amides is 1. The summed E-state index contributed by atoms with van der Waals surface area (Å²) in [6.07, 6.45) is 14.9. The van der Waals surface area contributed by atoms with Crippen LogP contribution in [0.15, 0.2) is 101 Å². The van der Waals surface area contributed by atoms with Gasteiger partial charge in [-0.05, 0) is 93.9 Å². The van der Waals surface area contributed by atoms with Gasteiger partial charge in [0, 0.05) is 37.3 Å². The van der Waals surface area contributed by atoms with Gasteiger partial charge in [0.05, 0.1) is 38.2 Å². The van der Waals surface area contributed by atoms with E-state index in [2.05, 4.69) is 97.0 Å². The third-order valence-corrected chi connectivity index (χ3v) is 17.3. The number of rotatable bonds is 26. The lowest BCUT2D eigenvalue weighted by Gasteiger charge is -2.40. The highest BCUT2D eigenvalue weighted by Crippen LogP contribution is 2.39. The highest BCUT2D eigenvalue weighted by atomic mass is 32.1. The Bertz CT molecular complexity index is 1970. The lowest BCUT2D eigenvalue weighted by Crippen LogP contribution is -2.45. The van der Waals surface area contributed by atoms with Gasteiger partial charge in [-0.2, -0.15) is 0 Å². The lowest BCUT2D eigenvalue weighted by molar-refractivity contribution is -0.120. The minimum Gasteiger partial charge on any atom is -0.497 e. The normalized spacial score (nSPS) is 17.0. The number of ketones is 1. The van der Waals surface area contributed by atoms with Crippen molar-refractivity contribution in [2.75, 3.05) is 27.9 Å². The Morgan fingerprint density at radius 1 is 0.938 bits per heavy atom. The average molecular weight is 935 g/mol. The van der Waals surface area contributed by atoms with E-state index < -0.39 is 38.6 Å². The molecule has 2 aromatic rings. The molecule has 1 aromatic heterocycles. The van der Waals surface area contributed by atoms with Crippen molar-refractivity contribution in [1.82, 2.24) is 10.3 Å². The number of hydrogen-bond acceptors (Lipinski definition) is 10. The van der Waals surface area contributed by atoms with Crippen LogP contribution in [-0.4, -0.2) is 70.4 Å². The van der Waals surface area contributed by atoms with E-state index in [1.54, 1.807) is 20.3 Å². The number of thiazole rings is 1. The van der Waals surface area contributed by atoms with Crippen molar-refractivity contribution in [3.63, 3.8) is 0 Å². The number of aromatic nitrogens is 1. The lowest BCUT2D eigenvalue weighted by atomic mass is 9.93. The highest BCUT2D eigenvalue weighted by Gasteiger charge is 2.39. The van der Waals surface area contributed by atoms with Crippen molar-refractivity contribution < 1.29 is 38.1 Å². The number of ether oxygens (including phenoxy) is 4. The monoisotopic (exact) mass is 935 g/mol. The summed E-state index contributed by atoms with van der Waals surface area (Å²) in [5.74, 6) is 0.516. The van der Waals surface area contributed by atoms with Crippen LogP contribution in [0.25, 0.3) is 0 Å². The second-order valence-electron chi connectivity index (χ2n) is 19.3. The number of carbonyl (C=O) groups is 2. The fraction of sp³-hybridized carbons (Fsp3) is 0.566. The van der Waals surface area contributed by atoms with Gasteiger partial charge in [-0.3, -0.25) is 4.79 Å². The van der Waals surface area contributed by atoms with E-state index >= 15 is 0 Å². The van der Waals surface area contributed by atoms with Crippen molar-refractivity contribution >= 4 is 31.5 Å². The molecule has 0 aliphatic heterocycles. The number of methoxy groups -OCH3 is 2. The van der Waals surface area contributed by atoms with Gasteiger partial charge in [-0.15, -0.1) is 11.3 Å². The Balaban J connectivity index is 2.12. The number of carbonyl (C=O) groups excluding carboxylic acids is 2. The average Bonchev–Trinajstić information content (AvgIpc) is 3.73. The zero-order chi connectivity index (χ0) is 49.1. The number of aliphatic hydroxyl groups is 1. The van der Waals surface area contributed by atoms with Gasteiger partial charge in [0.15, 0.2) is 20.2 Å². The van der Waals surface area contributed by atoms with Crippen LogP contribution in [0.5, 0.6) is 5.75 Å². The van der Waals surface area contributed by atoms with Gasteiger partial charge in [-0.1, -0.05) is 127 Å². The number of nitrogens with one attached hydrogen (secondary N) is 1. The van der Waals surface area contributed by atoms with E-state index in [1.165, 1.54) is 24.0 Å². The van der Waals surface area contributed by atoms with E-state index in [1.807, 2.05) is 81.6 Å². The zero-order valence-corrected chi connectivity index (χ0v) is 44.4. The summed E-state index contributed by atoms with van der Waals surface area (Å²) >= 11 is 1.37. The molecule has 0 radical (unpaired) electrons. The van der Waals surface area contributed by atoms with Gasteiger partial charge >= 0.3 is 6.09 Å². The molecule has 12 heteroatoms. The number of aliphatic hydroxyl groups excluding tert-OH is 1. The van der Waals surface area contributed by atoms with Crippen molar-refractivity contribution in [2.45, 2.75) is 145 Å². The van der Waals surface area contributed by atoms with Crippen molar-refractivity contribution in [1.29, 1.82) is 0 Å². The molecule has 0 saturated carbocycles. The van der Waals surface area contributed by atoms with Crippen LogP contribution >= 0.6 is 11.3 Å². The molecular formula is C53H82N2O8SSi. The summed E-state index contributed by atoms with van der Waals surface area (Å²) in [7, 11) is 2.71. The molecule has 0 unspecified atom stereocenters. The predicted molar refractivity (Wildman–Crippen MR) is 271 cm³/mol. The number of alkyl carbamates (subject to hydrolysis) is 1. The molecule has 0 aliphatic rings. The molecule has 0 fully saturated rings. The first-order chi connectivity index (χ1) is 30.4. The van der Waals surface area contributed by atoms with Crippen LogP contribution in [0.2, 0.25) is 18.1 Å². The molecule has 0 spiro atoms. The number of hydrogen-bond donors (Lipinski definition) is 2. The summed E-state index contributed by atoms with van der Waals surface area (Å²) in [5.41, 5.74) is 5.82. The van der Waals surface area contributed by atoms with Crippen LogP contribution in [-0.2, 0) is 30.0 Å². The van der Waals surface area contributed by atoms with E-state index in [4.69, 9.17) is 23.4 Å². The molecule has 1 amide bonds. The molecule has 10 nitrogen and oxygen atoms in total. The molecular weight excluding hydrogens is 853 g/mol. The maximum Gasteiger partial charge on any atom is 0.407 e. The van der Waals surface area contributed by atoms with Gasteiger partial charge in [-0.25, -0.2) is 9.78 Å². The Morgan fingerprint density at radius 3 is 2.18 bits per heavy atom. The second-order valence-corrected chi connectivity index (χ2v) is 25.0. The maximum atomic E-state index is 13.5. The summed E-state index contributed by atoms with van der Waals surface area (Å²) in [4.78, 5) is 30.1. The maximum absolute atomic E-state index is 13.5. The SMILES string of the molecule is CNC(=O)O[C@@H](CC(C)C)c1nc([C@@H](O)[C@@H](C)/C=C\C=C(/C)[C@@H](OC)[C@@H](C)C(=O)/C=C/C(C)=C/C(C)=C/[C@H](C)[C@@H](/C=C(\C)CCOCc2ccc(OC)cc2)O[Si](C)(C)C(C)(C)C)cs1. The fourth-order valence-corrected chi connectivity index (χ4v) is 9.04. The third-order valence-electron chi connectivity index (χ3n) is 11.9. The summed E-state index contributed by atoms with van der Waals surface area (Å²) in [6.45, 7) is 30.9. The van der Waals surface area contributed by atoms with Crippen molar-refractivity contribution in [2.24, 2.45) is 23.7 Å². The van der Waals surface area contributed by atoms with Gasteiger partial charge < -0.3 is 33.8 Å². The highest BCUT2D eigenvalue weighted by molar-refractivity contribution is 7.09. The molecule has 65 heavy (non-hydrogen) atoms. The van der Waals surface area contributed by atoms with Crippen LogP contribution in [0.3, 0.4) is 0 Å². The first kappa shape index (κ1) is 57.2. The van der Waals surface area contributed by atoms with E-state index in [0.29, 0.717) is 30.3 Å². The standard InChI is InChI=1S/C53H82N2O8SSi/c1-35(2)29-48(62-52(58)54-13)51-55-45(34-64-51)49(57)39(6)19-18-20-40(7)50(60-15)42(9)46(56)26-21-36(3)30-38(5)31-41(8)47(63-65(16,17)53(10,11)12)32-37(4)27-28-61-33-43-22-24-44(59-14)25-23-43/h18-26,30-32,34-35,39,41-42,47-50,57H,27-29,33H2,1-17H3,(H,54,58)/b19-18-,26-21+,36-30+,37-32+,38-31+,40-20+/t39-,41-,42-,47+,48-,49-,50+/m0/s1. The molecule has 1 aromatic carbocycles. The quantitative estimate of drug-likeness (QED) is 0.0312. The van der Waals surface area contributed by atoms with Crippen LogP contribution < -0.4 is 10.1 Å². The summed E-state index contributed by atoms with van der Waals surface area (Å²) < 4.78 is 29.7. The molecule has 7 atom stereocenters.